The Balaban J connectivity index is 0.975. The topological polar surface area (TPSA) is 140 Å². The van der Waals surface area contributed by atoms with Crippen molar-refractivity contribution in [3.8, 4) is 56.8 Å². The van der Waals surface area contributed by atoms with Gasteiger partial charge in [-0.15, -0.1) is 0 Å². The maximum Gasteiger partial charge on any atom is 0.123 e. The van der Waals surface area contributed by atoms with E-state index in [1.807, 2.05) is 0 Å². The Hall–Kier alpha value is -9.81. The predicted molar refractivity (Wildman–Crippen MR) is 551 cm³/mol. The first-order chi connectivity index (χ1) is 62.8. The average molecular weight is 1750 g/mol. The van der Waals surface area contributed by atoms with Crippen molar-refractivity contribution in [3.05, 3.63) is 228 Å². The minimum atomic E-state index is 0.631. The molecule has 3 aliphatic heterocycles. The van der Waals surface area contributed by atoms with Gasteiger partial charge in [0.05, 0.1) is 73.8 Å². The van der Waals surface area contributed by atoms with Gasteiger partial charge in [-0.3, -0.25) is 15.0 Å². The summed E-state index contributed by atoms with van der Waals surface area (Å²) >= 11 is 0. The van der Waals surface area contributed by atoms with Gasteiger partial charge in [0.1, 0.15) is 34.5 Å². The van der Waals surface area contributed by atoms with Crippen LogP contribution in [0.4, 0.5) is 0 Å². The number of aliphatic imine (C=N–C) groups is 3. The van der Waals surface area contributed by atoms with Gasteiger partial charge >= 0.3 is 0 Å². The van der Waals surface area contributed by atoms with Gasteiger partial charge in [0.15, 0.2) is 0 Å². The Bertz CT molecular complexity index is 5150. The van der Waals surface area contributed by atoms with Gasteiger partial charge < -0.3 is 43.4 Å². The SMILES string of the molecule is CCCCCCCCOc1cc(OCCCCCCCC)cc(/C(=C2/N=C(C)C(c3ccc(-c4c(C)[nH]c(/C(=C5/N=C(C)C(c6ccc(-c7c(C)[nH]c(/C(=C8/N=C(C)C=C8C)c8cc(OCCCCCCCC)cc(OCCCCCCCC)c8)c7C)cc6)=C5C)c5cc(OCCCCCCCC)cc(OCCCCCCCC)c5)c4C)cc3)=C2C)c2[nH]c(C)cc2C)c1. The highest BCUT2D eigenvalue weighted by Crippen LogP contribution is 2.48. The average Bonchev–Trinajstić information content (AvgIpc) is 1.60. The van der Waals surface area contributed by atoms with E-state index in [9.17, 15) is 0 Å². The number of aryl methyl sites for hydroxylation is 4. The first-order valence-electron chi connectivity index (χ1n) is 50.8. The van der Waals surface area contributed by atoms with E-state index in [1.54, 1.807) is 0 Å². The molecule has 0 saturated carbocycles. The van der Waals surface area contributed by atoms with Gasteiger partial charge in [0, 0.05) is 91.4 Å². The number of benzene rings is 5. The summed E-state index contributed by atoms with van der Waals surface area (Å²) in [5, 5.41) is 0. The number of hydrogen-bond donors (Lipinski definition) is 3. The van der Waals surface area contributed by atoms with Crippen LogP contribution in [0.25, 0.3) is 50.1 Å². The summed E-state index contributed by atoms with van der Waals surface area (Å²) in [5.41, 5.74) is 34.3. The zero-order chi connectivity index (χ0) is 91.6. The molecule has 0 bridgehead atoms. The molecule has 3 aliphatic rings. The van der Waals surface area contributed by atoms with Crippen LogP contribution in [0.1, 0.15) is 393 Å². The molecule has 12 heteroatoms. The number of H-pyrrole nitrogens is 3. The molecule has 12 nitrogen and oxygen atoms in total. The van der Waals surface area contributed by atoms with Crippen molar-refractivity contribution in [2.24, 2.45) is 15.0 Å². The lowest BCUT2D eigenvalue weighted by Crippen LogP contribution is -2.03. The van der Waals surface area contributed by atoms with Gasteiger partial charge in [0.2, 0.25) is 0 Å². The van der Waals surface area contributed by atoms with E-state index in [0.29, 0.717) is 39.6 Å². The third-order valence-corrected chi connectivity index (χ3v) is 26.3. The smallest absolute Gasteiger partial charge is 0.123 e. The van der Waals surface area contributed by atoms with Crippen molar-refractivity contribution in [2.45, 2.75) is 356 Å². The van der Waals surface area contributed by atoms with Crippen molar-refractivity contribution in [2.75, 3.05) is 39.6 Å². The normalized spacial score (nSPS) is 14.6. The molecule has 3 N–H and O–H groups in total. The monoisotopic (exact) mass is 1750 g/mol. The van der Waals surface area contributed by atoms with Gasteiger partial charge in [0.25, 0.3) is 0 Å². The molecule has 0 radical (unpaired) electrons. The minimum Gasteiger partial charge on any atom is -0.493 e. The van der Waals surface area contributed by atoms with E-state index in [2.05, 4.69) is 255 Å². The lowest BCUT2D eigenvalue weighted by molar-refractivity contribution is 0.289. The summed E-state index contributed by atoms with van der Waals surface area (Å²) in [6.45, 7) is 44.1. The van der Waals surface area contributed by atoms with Crippen LogP contribution in [-0.2, 0) is 0 Å². The molecule has 11 rings (SSSR count). The van der Waals surface area contributed by atoms with Gasteiger partial charge in [-0.1, -0.05) is 283 Å². The molecule has 0 atom stereocenters. The molecule has 3 aromatic heterocycles. The second kappa shape index (κ2) is 51.7. The first kappa shape index (κ1) is 99.8. The third kappa shape index (κ3) is 27.7. The van der Waals surface area contributed by atoms with Crippen LogP contribution >= 0.6 is 0 Å². The molecule has 694 valence electrons. The Kier molecular flexibility index (Phi) is 40.0. The molecule has 5 aromatic carbocycles. The second-order valence-corrected chi connectivity index (χ2v) is 37.3. The van der Waals surface area contributed by atoms with Gasteiger partial charge in [-0.2, -0.15) is 0 Å². The molecular weight excluding hydrogens is 1590 g/mol. The van der Waals surface area contributed by atoms with Crippen molar-refractivity contribution >= 4 is 45.0 Å². The lowest BCUT2D eigenvalue weighted by Gasteiger charge is -2.17. The maximum atomic E-state index is 6.88. The summed E-state index contributed by atoms with van der Waals surface area (Å²) in [6.07, 6.45) is 45.2. The van der Waals surface area contributed by atoms with Crippen LogP contribution in [0.15, 0.2) is 164 Å². The summed E-state index contributed by atoms with van der Waals surface area (Å²) in [6, 6.07) is 40.4. The molecule has 129 heavy (non-hydrogen) atoms. The molecule has 0 spiro atoms. The molecule has 6 heterocycles. The number of ether oxygens (including phenoxy) is 6. The molecule has 0 aliphatic carbocycles. The highest BCUT2D eigenvalue weighted by molar-refractivity contribution is 6.28. The van der Waals surface area contributed by atoms with E-state index in [0.717, 1.165) is 280 Å². The zero-order valence-corrected chi connectivity index (χ0v) is 83.0. The number of allylic oxidation sites excluding steroid dienone is 6. The van der Waals surface area contributed by atoms with Crippen molar-refractivity contribution < 1.29 is 28.4 Å². The highest BCUT2D eigenvalue weighted by atomic mass is 16.5. The molecule has 0 amide bonds. The lowest BCUT2D eigenvalue weighted by atomic mass is 9.90. The fourth-order valence-electron chi connectivity index (χ4n) is 19.4. The Labute approximate surface area is 778 Å². The summed E-state index contributed by atoms with van der Waals surface area (Å²) < 4.78 is 40.5. The number of aromatic amines is 3. The van der Waals surface area contributed by atoms with E-state index in [4.69, 9.17) is 43.4 Å². The van der Waals surface area contributed by atoms with Crippen molar-refractivity contribution in [1.82, 2.24) is 15.0 Å². The first-order valence-corrected chi connectivity index (χ1v) is 50.8. The van der Waals surface area contributed by atoms with Crippen LogP contribution in [0.5, 0.6) is 34.5 Å². The summed E-state index contributed by atoms with van der Waals surface area (Å²) in [4.78, 5) is 28.4. The molecule has 8 aromatic rings. The minimum absolute atomic E-state index is 0.631. The number of nitrogens with zero attached hydrogens (tertiary/aromatic N) is 3. The zero-order valence-electron chi connectivity index (χ0n) is 83.0. The summed E-state index contributed by atoms with van der Waals surface area (Å²) in [7, 11) is 0. The number of aromatic nitrogens is 3. The largest absolute Gasteiger partial charge is 0.493 e. The highest BCUT2D eigenvalue weighted by Gasteiger charge is 2.32. The van der Waals surface area contributed by atoms with Crippen LogP contribution in [0, 0.1) is 41.5 Å². The van der Waals surface area contributed by atoms with Crippen LogP contribution in [0.2, 0.25) is 0 Å². The fraction of sp³-hybridized carbons (Fsp3) is 0.513. The van der Waals surface area contributed by atoms with Gasteiger partial charge in [-0.25, -0.2) is 0 Å². The predicted octanol–water partition coefficient (Wildman–Crippen LogP) is 33.9. The summed E-state index contributed by atoms with van der Waals surface area (Å²) in [5.74, 6) is 4.93. The maximum absolute atomic E-state index is 6.88. The fourth-order valence-corrected chi connectivity index (χ4v) is 19.4. The number of unbranched alkanes of at least 4 members (excludes halogenated alkanes) is 30. The van der Waals surface area contributed by atoms with E-state index >= 15 is 0 Å². The van der Waals surface area contributed by atoms with Crippen LogP contribution in [-0.4, -0.2) is 71.7 Å². The van der Waals surface area contributed by atoms with E-state index in [1.165, 1.54) is 165 Å². The molecule has 0 fully saturated rings. The van der Waals surface area contributed by atoms with Crippen LogP contribution in [0.3, 0.4) is 0 Å². The number of nitrogens with one attached hydrogen (secondary N) is 3. The molecule has 0 unspecified atom stereocenters. The Morgan fingerprint density at radius 3 is 0.798 bits per heavy atom. The Morgan fingerprint density at radius 1 is 0.271 bits per heavy atom. The van der Waals surface area contributed by atoms with Crippen molar-refractivity contribution in [3.63, 3.8) is 0 Å². The molecular formula is C117H160N6O6. The number of hydrogen-bond acceptors (Lipinski definition) is 9. The standard InChI is InChI=1S/C117H160N6O6/c1-19-25-31-37-43-49-63-124-99-71-96(72-100(77-99)125-64-50-44-38-32-26-20-2)109(112-80(7)69-82(9)118-112)114-84(11)105(88(15)120-114)92-55-59-94(60-56-92)107-86(13)116(122-90(107)17)111(98-75-103(128-67-53-47-41-35-29-23-5)79-104(76-98)129-68-54-48-42-36-30-24-6)117-87(14)108(91(18)123-117)95-61-57-93(58-62-95)106-85(12)115(121-89(106)16)110(113-81(8)70-83(10)119-113)97-73-101(126-65-51-45-39-33-27-21-3)78-102(74-97)127-66-52-46-40-34-28-22-4/h55-62,69-79,118,121-122H,19-54,63-68H2,1-18H3/b113-110+,114-109-,117-111+. The van der Waals surface area contributed by atoms with Crippen LogP contribution < -0.4 is 28.4 Å². The third-order valence-electron chi connectivity index (χ3n) is 26.3. The second-order valence-electron chi connectivity index (χ2n) is 37.3. The van der Waals surface area contributed by atoms with Gasteiger partial charge in [-0.05, 0) is 243 Å². The Morgan fingerprint density at radius 2 is 0.535 bits per heavy atom. The van der Waals surface area contributed by atoms with Crippen molar-refractivity contribution in [1.29, 1.82) is 0 Å². The number of rotatable bonds is 58. The molecule has 0 saturated heterocycles. The quantitative estimate of drug-likeness (QED) is 0.0324. The van der Waals surface area contributed by atoms with E-state index in [-0.39, 0.29) is 0 Å². The van der Waals surface area contributed by atoms with E-state index < -0.39 is 0 Å².